The molecule has 0 unspecified atom stereocenters. The van der Waals surface area contributed by atoms with Crippen molar-refractivity contribution in [2.75, 3.05) is 0 Å². The lowest BCUT2D eigenvalue weighted by molar-refractivity contribution is 0.0696. The van der Waals surface area contributed by atoms with Crippen molar-refractivity contribution in [1.29, 1.82) is 0 Å². The molecule has 20 heavy (non-hydrogen) atoms. The number of rotatable bonds is 3. The number of aromatic carboxylic acids is 1. The lowest BCUT2D eigenvalue weighted by Gasteiger charge is -1.91. The molecular formula is C13H11N3O3S. The van der Waals surface area contributed by atoms with Crippen LogP contribution in [0.2, 0.25) is 0 Å². The Morgan fingerprint density at radius 2 is 2.30 bits per heavy atom. The Bertz CT molecular complexity index is 784. The zero-order chi connectivity index (χ0) is 14.3. The van der Waals surface area contributed by atoms with Gasteiger partial charge in [0, 0.05) is 24.7 Å². The molecule has 0 aromatic carbocycles. The summed E-state index contributed by atoms with van der Waals surface area (Å²) in [5.41, 5.74) is 2.61. The molecule has 7 heteroatoms. The highest BCUT2D eigenvalue weighted by Crippen LogP contribution is 2.31. The number of nitrogens with zero attached hydrogens (tertiary/aromatic N) is 3. The van der Waals surface area contributed by atoms with Crippen molar-refractivity contribution in [1.82, 2.24) is 14.8 Å². The van der Waals surface area contributed by atoms with Crippen molar-refractivity contribution in [3.63, 3.8) is 0 Å². The highest BCUT2D eigenvalue weighted by atomic mass is 32.1. The average molecular weight is 289 g/mol. The average Bonchev–Trinajstić information content (AvgIpc) is 3.07. The Balaban J connectivity index is 1.97. The number of carbonyl (C=O) groups is 1. The van der Waals surface area contributed by atoms with Crippen LogP contribution < -0.4 is 0 Å². The van der Waals surface area contributed by atoms with Crippen LogP contribution in [0.25, 0.3) is 22.0 Å². The third-order valence-electron chi connectivity index (χ3n) is 2.85. The van der Waals surface area contributed by atoms with E-state index in [2.05, 4.69) is 10.1 Å². The van der Waals surface area contributed by atoms with Gasteiger partial charge in [-0.25, -0.2) is 9.78 Å². The summed E-state index contributed by atoms with van der Waals surface area (Å²) < 4.78 is 6.98. The van der Waals surface area contributed by atoms with Crippen LogP contribution in [-0.2, 0) is 7.05 Å². The maximum atomic E-state index is 10.8. The fourth-order valence-electron chi connectivity index (χ4n) is 1.90. The van der Waals surface area contributed by atoms with Gasteiger partial charge in [0.2, 0.25) is 0 Å². The van der Waals surface area contributed by atoms with Crippen molar-refractivity contribution < 1.29 is 14.3 Å². The van der Waals surface area contributed by atoms with Gasteiger partial charge < -0.3 is 9.52 Å². The lowest BCUT2D eigenvalue weighted by Crippen LogP contribution is -1.91. The van der Waals surface area contributed by atoms with Crippen molar-refractivity contribution in [3.8, 4) is 22.0 Å². The lowest BCUT2D eigenvalue weighted by atomic mass is 10.2. The molecule has 3 rings (SSSR count). The highest BCUT2D eigenvalue weighted by Gasteiger charge is 2.15. The highest BCUT2D eigenvalue weighted by molar-refractivity contribution is 7.13. The Morgan fingerprint density at radius 3 is 2.90 bits per heavy atom. The van der Waals surface area contributed by atoms with Gasteiger partial charge in [0.05, 0.1) is 16.8 Å². The zero-order valence-corrected chi connectivity index (χ0v) is 11.6. The summed E-state index contributed by atoms with van der Waals surface area (Å²) in [6.07, 6.45) is 3.12. The third-order valence-corrected chi connectivity index (χ3v) is 3.72. The number of hydrogen-bond donors (Lipinski definition) is 1. The molecule has 102 valence electrons. The topological polar surface area (TPSA) is 81.2 Å². The van der Waals surface area contributed by atoms with E-state index in [1.165, 1.54) is 23.7 Å². The second-order valence-corrected chi connectivity index (χ2v) is 5.20. The minimum atomic E-state index is -1.02. The fourth-order valence-corrected chi connectivity index (χ4v) is 2.77. The maximum absolute atomic E-state index is 10.8. The summed E-state index contributed by atoms with van der Waals surface area (Å²) in [6, 6.07) is 1.47. The van der Waals surface area contributed by atoms with E-state index in [0.29, 0.717) is 11.5 Å². The van der Waals surface area contributed by atoms with Crippen LogP contribution in [0.3, 0.4) is 0 Å². The normalized spacial score (nSPS) is 10.9. The number of aromatic nitrogens is 3. The second kappa shape index (κ2) is 4.61. The molecule has 0 radical (unpaired) electrons. The summed E-state index contributed by atoms with van der Waals surface area (Å²) in [5, 5.41) is 15.8. The molecule has 3 heterocycles. The van der Waals surface area contributed by atoms with Crippen LogP contribution in [-0.4, -0.2) is 25.8 Å². The van der Waals surface area contributed by atoms with Gasteiger partial charge in [0.1, 0.15) is 17.0 Å². The van der Waals surface area contributed by atoms with E-state index in [1.54, 1.807) is 4.68 Å². The van der Waals surface area contributed by atoms with Crippen molar-refractivity contribution in [2.45, 2.75) is 6.92 Å². The number of hydrogen-bond acceptors (Lipinski definition) is 5. The number of furan rings is 1. The zero-order valence-electron chi connectivity index (χ0n) is 10.8. The molecule has 1 N–H and O–H groups in total. The molecule has 0 aliphatic heterocycles. The van der Waals surface area contributed by atoms with Crippen molar-refractivity contribution in [3.05, 3.63) is 35.2 Å². The first-order valence-electron chi connectivity index (χ1n) is 5.83. The predicted molar refractivity (Wildman–Crippen MR) is 73.7 cm³/mol. The molecule has 0 saturated heterocycles. The summed E-state index contributed by atoms with van der Waals surface area (Å²) in [7, 11) is 1.86. The Hall–Kier alpha value is -2.41. The van der Waals surface area contributed by atoms with Crippen LogP contribution in [0.5, 0.6) is 0 Å². The van der Waals surface area contributed by atoms with E-state index in [1.807, 2.05) is 25.5 Å². The fraction of sp³-hybridized carbons (Fsp3) is 0.154. The van der Waals surface area contributed by atoms with Crippen LogP contribution in [0.15, 0.2) is 28.3 Å². The van der Waals surface area contributed by atoms with Gasteiger partial charge in [-0.15, -0.1) is 11.3 Å². The number of carboxylic acids is 1. The summed E-state index contributed by atoms with van der Waals surface area (Å²) >= 11 is 1.47. The summed E-state index contributed by atoms with van der Waals surface area (Å²) in [5.74, 6) is -0.565. The van der Waals surface area contributed by atoms with Crippen LogP contribution in [0.1, 0.15) is 16.1 Å². The molecule has 0 amide bonds. The second-order valence-electron chi connectivity index (χ2n) is 4.34. The van der Waals surface area contributed by atoms with Crippen LogP contribution in [0, 0.1) is 6.92 Å². The van der Waals surface area contributed by atoms with Crippen molar-refractivity contribution >= 4 is 17.3 Å². The maximum Gasteiger partial charge on any atom is 0.338 e. The molecule has 0 bridgehead atoms. The molecular weight excluding hydrogens is 278 g/mol. The quantitative estimate of drug-likeness (QED) is 0.801. The Kier molecular flexibility index (Phi) is 2.90. The minimum Gasteiger partial charge on any atom is -0.478 e. The van der Waals surface area contributed by atoms with Crippen molar-refractivity contribution in [2.24, 2.45) is 7.05 Å². The number of carboxylic acid groups (broad SMARTS) is 1. The van der Waals surface area contributed by atoms with E-state index in [4.69, 9.17) is 9.52 Å². The molecule has 0 aliphatic carbocycles. The third kappa shape index (κ3) is 2.12. The van der Waals surface area contributed by atoms with Gasteiger partial charge in [-0.2, -0.15) is 5.10 Å². The molecule has 0 atom stereocenters. The largest absolute Gasteiger partial charge is 0.478 e. The van der Waals surface area contributed by atoms with E-state index >= 15 is 0 Å². The van der Waals surface area contributed by atoms with Gasteiger partial charge in [-0.05, 0) is 6.92 Å². The van der Waals surface area contributed by atoms with E-state index in [-0.39, 0.29) is 5.56 Å². The standard InChI is InChI=1S/C13H11N3O3S/c1-7-9(4-16(2)15-7)12-14-10(6-20-12)11-3-8(5-19-11)13(17)18/h3-6H,1-2H3,(H,17,18). The smallest absolute Gasteiger partial charge is 0.338 e. The first-order chi connectivity index (χ1) is 9.54. The monoisotopic (exact) mass is 289 g/mol. The predicted octanol–water partition coefficient (Wildman–Crippen LogP) is 2.81. The van der Waals surface area contributed by atoms with Gasteiger partial charge in [-0.3, -0.25) is 4.68 Å². The van der Waals surface area contributed by atoms with Crippen LogP contribution in [0.4, 0.5) is 0 Å². The van der Waals surface area contributed by atoms with E-state index in [0.717, 1.165) is 16.3 Å². The molecule has 3 aromatic rings. The molecule has 6 nitrogen and oxygen atoms in total. The summed E-state index contributed by atoms with van der Waals surface area (Å²) in [4.78, 5) is 15.3. The molecule has 0 saturated carbocycles. The Labute approximate surface area is 118 Å². The van der Waals surface area contributed by atoms with Gasteiger partial charge in [0.15, 0.2) is 5.76 Å². The summed E-state index contributed by atoms with van der Waals surface area (Å²) in [6.45, 7) is 1.92. The number of thiazole rings is 1. The Morgan fingerprint density at radius 1 is 1.50 bits per heavy atom. The molecule has 0 spiro atoms. The molecule has 3 aromatic heterocycles. The first kappa shape index (κ1) is 12.6. The van der Waals surface area contributed by atoms with E-state index in [9.17, 15) is 4.79 Å². The first-order valence-corrected chi connectivity index (χ1v) is 6.71. The molecule has 0 fully saturated rings. The van der Waals surface area contributed by atoms with Crippen LogP contribution >= 0.6 is 11.3 Å². The van der Waals surface area contributed by atoms with Gasteiger partial charge in [-0.1, -0.05) is 0 Å². The van der Waals surface area contributed by atoms with E-state index < -0.39 is 5.97 Å². The van der Waals surface area contributed by atoms with Gasteiger partial charge >= 0.3 is 5.97 Å². The minimum absolute atomic E-state index is 0.118. The van der Waals surface area contributed by atoms with Gasteiger partial charge in [0.25, 0.3) is 0 Å². The SMILES string of the molecule is Cc1nn(C)cc1-c1nc(-c2cc(C(=O)O)co2)cs1. The molecule has 0 aliphatic rings. The number of aryl methyl sites for hydroxylation is 2.